The smallest absolute Gasteiger partial charge is 0.256 e. The first-order valence-corrected chi connectivity index (χ1v) is 7.76. The molecule has 2 rings (SSSR count). The third-order valence-corrected chi connectivity index (χ3v) is 3.83. The van der Waals surface area contributed by atoms with Gasteiger partial charge in [-0.15, -0.1) is 0 Å². The van der Waals surface area contributed by atoms with Crippen LogP contribution in [0, 0.1) is 18.7 Å². The molecular formula is C17H25FN2O. The second-order valence-corrected chi connectivity index (χ2v) is 6.38. The number of amides is 1. The van der Waals surface area contributed by atoms with Gasteiger partial charge in [0.15, 0.2) is 0 Å². The van der Waals surface area contributed by atoms with Gasteiger partial charge in [-0.25, -0.2) is 4.39 Å². The monoisotopic (exact) mass is 292 g/mol. The molecule has 1 aliphatic rings. The SMILES string of the molecule is Cc1ccc(C(=O)N(CC(C)C)CC2CCCN2)c(F)c1. The maximum absolute atomic E-state index is 14.0. The van der Waals surface area contributed by atoms with E-state index in [0.717, 1.165) is 24.9 Å². The number of benzene rings is 1. The summed E-state index contributed by atoms with van der Waals surface area (Å²) in [4.78, 5) is 14.5. The minimum Gasteiger partial charge on any atom is -0.337 e. The van der Waals surface area contributed by atoms with Gasteiger partial charge in [0.1, 0.15) is 5.82 Å². The molecule has 116 valence electrons. The Kier molecular flexibility index (Phi) is 5.34. The molecule has 1 unspecified atom stereocenters. The van der Waals surface area contributed by atoms with Crippen molar-refractivity contribution in [2.45, 2.75) is 39.7 Å². The van der Waals surface area contributed by atoms with Crippen molar-refractivity contribution in [3.63, 3.8) is 0 Å². The highest BCUT2D eigenvalue weighted by Gasteiger charge is 2.24. The largest absolute Gasteiger partial charge is 0.337 e. The lowest BCUT2D eigenvalue weighted by atomic mass is 10.1. The van der Waals surface area contributed by atoms with Crippen molar-refractivity contribution >= 4 is 5.91 Å². The highest BCUT2D eigenvalue weighted by atomic mass is 19.1. The molecule has 0 aliphatic carbocycles. The van der Waals surface area contributed by atoms with Crippen LogP contribution in [0.15, 0.2) is 18.2 Å². The summed E-state index contributed by atoms with van der Waals surface area (Å²) in [6.45, 7) is 8.30. The van der Waals surface area contributed by atoms with Crippen molar-refractivity contribution in [1.82, 2.24) is 10.2 Å². The highest BCUT2D eigenvalue weighted by molar-refractivity contribution is 5.94. The van der Waals surface area contributed by atoms with E-state index in [0.29, 0.717) is 25.0 Å². The van der Waals surface area contributed by atoms with Gasteiger partial charge in [-0.1, -0.05) is 19.9 Å². The summed E-state index contributed by atoms with van der Waals surface area (Å²) in [7, 11) is 0. The van der Waals surface area contributed by atoms with Crippen molar-refractivity contribution in [3.05, 3.63) is 35.1 Å². The second kappa shape index (κ2) is 7.03. The average molecular weight is 292 g/mol. The molecule has 1 saturated heterocycles. The standard InChI is InChI=1S/C17H25FN2O/c1-12(2)10-20(11-14-5-4-8-19-14)17(21)15-7-6-13(3)9-16(15)18/h6-7,9,12,14,19H,4-5,8,10-11H2,1-3H3. The number of aryl methyl sites for hydroxylation is 1. The van der Waals surface area contributed by atoms with Crippen LogP contribution < -0.4 is 5.32 Å². The summed E-state index contributed by atoms with van der Waals surface area (Å²) >= 11 is 0. The van der Waals surface area contributed by atoms with E-state index in [2.05, 4.69) is 19.2 Å². The van der Waals surface area contributed by atoms with Crippen LogP contribution in [0.5, 0.6) is 0 Å². The lowest BCUT2D eigenvalue weighted by Gasteiger charge is -2.28. The third kappa shape index (κ3) is 4.27. The molecule has 0 bridgehead atoms. The van der Waals surface area contributed by atoms with Gasteiger partial charge in [0, 0.05) is 19.1 Å². The molecule has 1 aromatic carbocycles. The Labute approximate surface area is 126 Å². The summed E-state index contributed by atoms with van der Waals surface area (Å²) in [5.74, 6) is -0.258. The zero-order chi connectivity index (χ0) is 15.4. The first-order chi connectivity index (χ1) is 9.97. The Balaban J connectivity index is 2.15. The summed E-state index contributed by atoms with van der Waals surface area (Å²) in [6, 6.07) is 5.15. The second-order valence-electron chi connectivity index (χ2n) is 6.38. The average Bonchev–Trinajstić information content (AvgIpc) is 2.89. The molecule has 1 amide bonds. The van der Waals surface area contributed by atoms with Gasteiger partial charge < -0.3 is 10.2 Å². The molecule has 1 heterocycles. The van der Waals surface area contributed by atoms with Crippen molar-refractivity contribution in [3.8, 4) is 0 Å². The molecule has 4 heteroatoms. The van der Waals surface area contributed by atoms with Crippen molar-refractivity contribution in [2.24, 2.45) is 5.92 Å². The van der Waals surface area contributed by atoms with Crippen LogP contribution in [0.25, 0.3) is 0 Å². The van der Waals surface area contributed by atoms with Crippen LogP contribution in [0.2, 0.25) is 0 Å². The van der Waals surface area contributed by atoms with Crippen LogP contribution in [0.4, 0.5) is 4.39 Å². The van der Waals surface area contributed by atoms with Crippen LogP contribution >= 0.6 is 0 Å². The molecule has 1 atom stereocenters. The Morgan fingerprint density at radius 2 is 2.24 bits per heavy atom. The van der Waals surface area contributed by atoms with E-state index in [1.54, 1.807) is 17.0 Å². The number of nitrogens with zero attached hydrogens (tertiary/aromatic N) is 1. The number of carbonyl (C=O) groups excluding carboxylic acids is 1. The molecule has 1 aliphatic heterocycles. The van der Waals surface area contributed by atoms with E-state index in [1.807, 2.05) is 6.92 Å². The third-order valence-electron chi connectivity index (χ3n) is 3.83. The highest BCUT2D eigenvalue weighted by Crippen LogP contribution is 2.16. The molecular weight excluding hydrogens is 267 g/mol. The van der Waals surface area contributed by atoms with Crippen LogP contribution in [-0.4, -0.2) is 36.5 Å². The zero-order valence-electron chi connectivity index (χ0n) is 13.2. The van der Waals surface area contributed by atoms with Gasteiger partial charge in [-0.05, 0) is 49.9 Å². The molecule has 1 aromatic rings. The molecule has 0 spiro atoms. The Morgan fingerprint density at radius 1 is 1.48 bits per heavy atom. The first kappa shape index (κ1) is 16.0. The number of halogens is 1. The van der Waals surface area contributed by atoms with E-state index in [-0.39, 0.29) is 11.5 Å². The molecule has 21 heavy (non-hydrogen) atoms. The molecule has 0 saturated carbocycles. The van der Waals surface area contributed by atoms with Crippen LogP contribution in [0.3, 0.4) is 0 Å². The van der Waals surface area contributed by atoms with Gasteiger partial charge in [-0.3, -0.25) is 4.79 Å². The van der Waals surface area contributed by atoms with Gasteiger partial charge in [0.05, 0.1) is 5.56 Å². The number of rotatable bonds is 5. The number of nitrogens with one attached hydrogen (secondary N) is 1. The summed E-state index contributed by atoms with van der Waals surface area (Å²) in [5.41, 5.74) is 1.01. The number of hydrogen-bond donors (Lipinski definition) is 1. The van der Waals surface area contributed by atoms with E-state index >= 15 is 0 Å². The molecule has 0 aromatic heterocycles. The van der Waals surface area contributed by atoms with Crippen LogP contribution in [0.1, 0.15) is 42.6 Å². The number of hydrogen-bond acceptors (Lipinski definition) is 2. The van der Waals surface area contributed by atoms with Gasteiger partial charge >= 0.3 is 0 Å². The lowest BCUT2D eigenvalue weighted by Crippen LogP contribution is -2.43. The lowest BCUT2D eigenvalue weighted by molar-refractivity contribution is 0.0716. The predicted octanol–water partition coefficient (Wildman–Crippen LogP) is 2.98. The van der Waals surface area contributed by atoms with Gasteiger partial charge in [-0.2, -0.15) is 0 Å². The Morgan fingerprint density at radius 3 is 2.81 bits per heavy atom. The fourth-order valence-corrected chi connectivity index (χ4v) is 2.82. The maximum atomic E-state index is 14.0. The maximum Gasteiger partial charge on any atom is 0.256 e. The van der Waals surface area contributed by atoms with E-state index in [9.17, 15) is 9.18 Å². The van der Waals surface area contributed by atoms with E-state index in [1.165, 1.54) is 6.07 Å². The zero-order valence-corrected chi connectivity index (χ0v) is 13.2. The molecule has 3 nitrogen and oxygen atoms in total. The molecule has 1 fully saturated rings. The van der Waals surface area contributed by atoms with E-state index in [4.69, 9.17) is 0 Å². The summed E-state index contributed by atoms with van der Waals surface area (Å²) in [5, 5.41) is 3.40. The van der Waals surface area contributed by atoms with Crippen molar-refractivity contribution in [1.29, 1.82) is 0 Å². The Bertz CT molecular complexity index is 496. The van der Waals surface area contributed by atoms with Gasteiger partial charge in [0.2, 0.25) is 0 Å². The molecule has 1 N–H and O–H groups in total. The first-order valence-electron chi connectivity index (χ1n) is 7.76. The summed E-state index contributed by atoms with van der Waals surface area (Å²) in [6.07, 6.45) is 2.23. The topological polar surface area (TPSA) is 32.3 Å². The normalized spacial score (nSPS) is 18.2. The van der Waals surface area contributed by atoms with Crippen LogP contribution in [-0.2, 0) is 0 Å². The minimum atomic E-state index is -0.423. The van der Waals surface area contributed by atoms with Gasteiger partial charge in [0.25, 0.3) is 5.91 Å². The summed E-state index contributed by atoms with van der Waals surface area (Å²) < 4.78 is 14.0. The fourth-order valence-electron chi connectivity index (χ4n) is 2.82. The quantitative estimate of drug-likeness (QED) is 0.905. The molecule has 0 radical (unpaired) electrons. The Hall–Kier alpha value is -1.42. The van der Waals surface area contributed by atoms with Crippen molar-refractivity contribution < 1.29 is 9.18 Å². The minimum absolute atomic E-state index is 0.180. The van der Waals surface area contributed by atoms with E-state index < -0.39 is 5.82 Å². The number of carbonyl (C=O) groups is 1. The fraction of sp³-hybridized carbons (Fsp3) is 0.588. The van der Waals surface area contributed by atoms with Crippen molar-refractivity contribution in [2.75, 3.05) is 19.6 Å². The predicted molar refractivity (Wildman–Crippen MR) is 82.9 cm³/mol.